The van der Waals surface area contributed by atoms with E-state index in [0.29, 0.717) is 13.2 Å². The minimum atomic E-state index is -0.763. The fraction of sp³-hybridized carbons (Fsp3) is 0.857. The second-order valence-corrected chi connectivity index (χ2v) is 5.00. The fourth-order valence-corrected chi connectivity index (χ4v) is 1.53. The average Bonchev–Trinajstić information content (AvgIpc) is 2.22. The first-order valence-electron chi connectivity index (χ1n) is 6.46. The van der Waals surface area contributed by atoms with Gasteiger partial charge in [0.15, 0.2) is 6.29 Å². The Morgan fingerprint density at radius 1 is 1.35 bits per heavy atom. The number of hydrogen-bond donors (Lipinski definition) is 1. The summed E-state index contributed by atoms with van der Waals surface area (Å²) < 4.78 is 10.7. The van der Waals surface area contributed by atoms with Gasteiger partial charge in [0, 0.05) is 6.61 Å². The molecule has 0 aliphatic rings. The summed E-state index contributed by atoms with van der Waals surface area (Å²) in [5.74, 6) is 0. The lowest BCUT2D eigenvalue weighted by atomic mass is 9.99. The summed E-state index contributed by atoms with van der Waals surface area (Å²) in [4.78, 5) is 0. The highest BCUT2D eigenvalue weighted by atomic mass is 16.7. The molecule has 3 heteroatoms. The molecule has 0 aliphatic heterocycles. The van der Waals surface area contributed by atoms with E-state index in [2.05, 4.69) is 19.9 Å². The topological polar surface area (TPSA) is 38.7 Å². The third-order valence-electron chi connectivity index (χ3n) is 2.50. The molecule has 0 aromatic heterocycles. The number of hydrogen-bond acceptors (Lipinski definition) is 3. The van der Waals surface area contributed by atoms with E-state index in [1.807, 2.05) is 20.8 Å². The Bertz CT molecular complexity index is 218. The van der Waals surface area contributed by atoms with Gasteiger partial charge in [-0.1, -0.05) is 11.6 Å². The number of unbranched alkanes of at least 4 members (excludes halogenated alkanes) is 1. The van der Waals surface area contributed by atoms with Crippen molar-refractivity contribution >= 4 is 0 Å². The molecule has 0 amide bonds. The van der Waals surface area contributed by atoms with Crippen molar-refractivity contribution in [2.24, 2.45) is 0 Å². The Labute approximate surface area is 106 Å². The predicted molar refractivity (Wildman–Crippen MR) is 70.9 cm³/mol. The fourth-order valence-electron chi connectivity index (χ4n) is 1.53. The van der Waals surface area contributed by atoms with E-state index in [0.717, 1.165) is 19.3 Å². The summed E-state index contributed by atoms with van der Waals surface area (Å²) in [6, 6.07) is 0. The minimum Gasteiger partial charge on any atom is -0.388 e. The first-order valence-corrected chi connectivity index (χ1v) is 6.46. The van der Waals surface area contributed by atoms with E-state index in [9.17, 15) is 5.11 Å². The van der Waals surface area contributed by atoms with Crippen molar-refractivity contribution in [3.05, 3.63) is 11.6 Å². The Morgan fingerprint density at radius 3 is 2.53 bits per heavy atom. The average molecular weight is 244 g/mol. The van der Waals surface area contributed by atoms with Crippen molar-refractivity contribution in [1.82, 2.24) is 0 Å². The van der Waals surface area contributed by atoms with Crippen LogP contribution >= 0.6 is 0 Å². The molecule has 0 rings (SSSR count). The summed E-state index contributed by atoms with van der Waals surface area (Å²) in [5, 5.41) is 10.1. The molecule has 0 bridgehead atoms. The maximum absolute atomic E-state index is 10.1. The molecule has 0 saturated carbocycles. The van der Waals surface area contributed by atoms with Crippen LogP contribution in [0.4, 0.5) is 0 Å². The predicted octanol–water partition coefficient (Wildman–Crippen LogP) is 3.27. The summed E-state index contributed by atoms with van der Waals surface area (Å²) in [7, 11) is 0. The molecule has 2 atom stereocenters. The van der Waals surface area contributed by atoms with Gasteiger partial charge in [-0.3, -0.25) is 0 Å². The lowest BCUT2D eigenvalue weighted by Crippen LogP contribution is -2.33. The Balaban J connectivity index is 3.75. The summed E-state index contributed by atoms with van der Waals surface area (Å²) >= 11 is 0. The molecule has 0 aromatic carbocycles. The highest BCUT2D eigenvalue weighted by Crippen LogP contribution is 2.15. The maximum Gasteiger partial charge on any atom is 0.154 e. The Morgan fingerprint density at radius 2 is 2.00 bits per heavy atom. The second kappa shape index (κ2) is 8.67. The van der Waals surface area contributed by atoms with Crippen molar-refractivity contribution in [3.63, 3.8) is 0 Å². The zero-order valence-corrected chi connectivity index (χ0v) is 12.0. The first kappa shape index (κ1) is 16.6. The highest BCUT2D eigenvalue weighted by Gasteiger charge is 2.21. The standard InChI is InChI=1S/C14H28O3/c1-6-16-13(4)17-11-14(5,15)10-8-7-9-12(2)3/h9,13,15H,6-8,10-11H2,1-5H3. The van der Waals surface area contributed by atoms with Gasteiger partial charge in [-0.25, -0.2) is 0 Å². The number of allylic oxidation sites excluding steroid dienone is 2. The molecule has 3 nitrogen and oxygen atoms in total. The van der Waals surface area contributed by atoms with Crippen LogP contribution in [0.25, 0.3) is 0 Å². The summed E-state index contributed by atoms with van der Waals surface area (Å²) in [6.45, 7) is 10.7. The van der Waals surface area contributed by atoms with Gasteiger partial charge >= 0.3 is 0 Å². The first-order chi connectivity index (χ1) is 7.87. The van der Waals surface area contributed by atoms with Crippen LogP contribution < -0.4 is 0 Å². The minimum absolute atomic E-state index is 0.246. The summed E-state index contributed by atoms with van der Waals surface area (Å²) in [6.07, 6.45) is 4.68. The lowest BCUT2D eigenvalue weighted by molar-refractivity contribution is -0.163. The molecule has 0 heterocycles. The molecule has 0 spiro atoms. The SMILES string of the molecule is CCOC(C)OCC(C)(O)CCCC=C(C)C. The van der Waals surface area contributed by atoms with Gasteiger partial charge in [0.05, 0.1) is 12.2 Å². The molecule has 0 radical (unpaired) electrons. The van der Waals surface area contributed by atoms with Crippen molar-refractivity contribution in [3.8, 4) is 0 Å². The molecule has 102 valence electrons. The largest absolute Gasteiger partial charge is 0.388 e. The van der Waals surface area contributed by atoms with E-state index in [1.54, 1.807) is 0 Å². The highest BCUT2D eigenvalue weighted by molar-refractivity contribution is 4.92. The Hall–Kier alpha value is -0.380. The van der Waals surface area contributed by atoms with Crippen LogP contribution in [-0.2, 0) is 9.47 Å². The van der Waals surface area contributed by atoms with E-state index in [1.165, 1.54) is 5.57 Å². The molecule has 0 aliphatic carbocycles. The van der Waals surface area contributed by atoms with Crippen LogP contribution in [0.3, 0.4) is 0 Å². The van der Waals surface area contributed by atoms with E-state index in [-0.39, 0.29) is 6.29 Å². The maximum atomic E-state index is 10.1. The lowest BCUT2D eigenvalue weighted by Gasteiger charge is -2.25. The zero-order valence-electron chi connectivity index (χ0n) is 12.0. The number of aliphatic hydroxyl groups is 1. The van der Waals surface area contributed by atoms with Crippen molar-refractivity contribution in [2.75, 3.05) is 13.2 Å². The van der Waals surface area contributed by atoms with Crippen LogP contribution in [0.15, 0.2) is 11.6 Å². The van der Waals surface area contributed by atoms with Crippen LogP contribution in [0.1, 0.15) is 53.9 Å². The quantitative estimate of drug-likeness (QED) is 0.384. The van der Waals surface area contributed by atoms with E-state index >= 15 is 0 Å². The molecule has 2 unspecified atom stereocenters. The van der Waals surface area contributed by atoms with Gasteiger partial charge < -0.3 is 14.6 Å². The van der Waals surface area contributed by atoms with Crippen molar-refractivity contribution in [2.45, 2.75) is 65.8 Å². The molecule has 0 saturated heterocycles. The van der Waals surface area contributed by atoms with Gasteiger partial charge in [0.25, 0.3) is 0 Å². The van der Waals surface area contributed by atoms with Gasteiger partial charge in [-0.2, -0.15) is 0 Å². The molecule has 0 fully saturated rings. The third-order valence-corrected chi connectivity index (χ3v) is 2.50. The monoisotopic (exact) mass is 244 g/mol. The second-order valence-electron chi connectivity index (χ2n) is 5.00. The van der Waals surface area contributed by atoms with Crippen LogP contribution in [-0.4, -0.2) is 30.2 Å². The van der Waals surface area contributed by atoms with Crippen molar-refractivity contribution in [1.29, 1.82) is 0 Å². The van der Waals surface area contributed by atoms with Crippen molar-refractivity contribution < 1.29 is 14.6 Å². The molecule has 0 aromatic rings. The number of rotatable bonds is 9. The zero-order chi connectivity index (χ0) is 13.3. The smallest absolute Gasteiger partial charge is 0.154 e. The van der Waals surface area contributed by atoms with Crippen LogP contribution in [0.5, 0.6) is 0 Å². The normalized spacial score (nSPS) is 16.4. The van der Waals surface area contributed by atoms with E-state index < -0.39 is 5.60 Å². The molecule has 1 N–H and O–H groups in total. The van der Waals surface area contributed by atoms with Crippen LogP contribution in [0, 0.1) is 0 Å². The van der Waals surface area contributed by atoms with Gasteiger partial charge in [0.2, 0.25) is 0 Å². The third kappa shape index (κ3) is 10.5. The number of ether oxygens (including phenoxy) is 2. The summed E-state index contributed by atoms with van der Waals surface area (Å²) in [5.41, 5.74) is 0.562. The molecular formula is C14H28O3. The van der Waals surface area contributed by atoms with Gasteiger partial charge in [0.1, 0.15) is 0 Å². The Kier molecular flexibility index (Phi) is 8.48. The van der Waals surface area contributed by atoms with E-state index in [4.69, 9.17) is 9.47 Å². The van der Waals surface area contributed by atoms with Gasteiger partial charge in [-0.05, 0) is 53.9 Å². The molecular weight excluding hydrogens is 216 g/mol. The van der Waals surface area contributed by atoms with Crippen LogP contribution in [0.2, 0.25) is 0 Å². The molecule has 17 heavy (non-hydrogen) atoms. The van der Waals surface area contributed by atoms with Gasteiger partial charge in [-0.15, -0.1) is 0 Å².